The van der Waals surface area contributed by atoms with Crippen molar-refractivity contribution in [3.63, 3.8) is 0 Å². The Morgan fingerprint density at radius 1 is 1.54 bits per heavy atom. The molecule has 0 spiro atoms. The van der Waals surface area contributed by atoms with Gasteiger partial charge < -0.3 is 14.8 Å². The molecular formula is C9H17NO3. The lowest BCUT2D eigenvalue weighted by Crippen LogP contribution is -2.39. The molecule has 0 aromatic rings. The summed E-state index contributed by atoms with van der Waals surface area (Å²) in [6, 6.07) is 0.120. The molecule has 1 atom stereocenters. The molecule has 0 aromatic carbocycles. The van der Waals surface area contributed by atoms with E-state index in [0.717, 1.165) is 13.0 Å². The second kappa shape index (κ2) is 3.96. The topological polar surface area (TPSA) is 47.6 Å². The number of carbonyl (C=O) groups excluding carboxylic acids is 1. The van der Waals surface area contributed by atoms with Gasteiger partial charge >= 0.3 is 6.09 Å². The summed E-state index contributed by atoms with van der Waals surface area (Å²) in [4.78, 5) is 11.2. The van der Waals surface area contributed by atoms with E-state index in [1.54, 1.807) is 0 Å². The highest BCUT2D eigenvalue weighted by atomic mass is 16.6. The quantitative estimate of drug-likeness (QED) is 0.673. The van der Waals surface area contributed by atoms with Crippen molar-refractivity contribution < 1.29 is 14.3 Å². The summed E-state index contributed by atoms with van der Waals surface area (Å²) in [5, 5.41) is 2.75. The van der Waals surface area contributed by atoms with Gasteiger partial charge in [-0.25, -0.2) is 4.79 Å². The van der Waals surface area contributed by atoms with Crippen LogP contribution in [0.1, 0.15) is 27.2 Å². The molecule has 0 aliphatic carbocycles. The second-order valence-corrected chi connectivity index (χ2v) is 4.21. The van der Waals surface area contributed by atoms with Gasteiger partial charge in [-0.05, 0) is 27.2 Å². The Morgan fingerprint density at radius 2 is 2.23 bits per heavy atom. The first-order valence-electron chi connectivity index (χ1n) is 4.54. The molecule has 1 saturated heterocycles. The summed E-state index contributed by atoms with van der Waals surface area (Å²) in [5.41, 5.74) is -0.427. The highest BCUT2D eigenvalue weighted by molar-refractivity contribution is 5.68. The van der Waals surface area contributed by atoms with E-state index < -0.39 is 5.60 Å². The van der Waals surface area contributed by atoms with Crippen LogP contribution in [0, 0.1) is 0 Å². The maximum absolute atomic E-state index is 11.2. The van der Waals surface area contributed by atoms with Crippen molar-refractivity contribution in [2.24, 2.45) is 0 Å². The molecule has 0 aromatic heterocycles. The van der Waals surface area contributed by atoms with E-state index in [1.165, 1.54) is 0 Å². The number of nitrogens with one attached hydrogen (secondary N) is 1. The fraction of sp³-hybridized carbons (Fsp3) is 0.889. The fourth-order valence-corrected chi connectivity index (χ4v) is 1.12. The van der Waals surface area contributed by atoms with Gasteiger partial charge in [0, 0.05) is 6.61 Å². The molecule has 0 saturated carbocycles. The van der Waals surface area contributed by atoms with Crippen LogP contribution in [0.5, 0.6) is 0 Å². The zero-order chi connectivity index (χ0) is 9.90. The van der Waals surface area contributed by atoms with E-state index in [-0.39, 0.29) is 12.1 Å². The van der Waals surface area contributed by atoms with E-state index >= 15 is 0 Å². The molecule has 13 heavy (non-hydrogen) atoms. The van der Waals surface area contributed by atoms with Crippen molar-refractivity contribution in [2.75, 3.05) is 13.2 Å². The Labute approximate surface area is 78.6 Å². The van der Waals surface area contributed by atoms with Crippen LogP contribution >= 0.6 is 0 Å². The minimum absolute atomic E-state index is 0.120. The molecule has 4 nitrogen and oxygen atoms in total. The van der Waals surface area contributed by atoms with Crippen LogP contribution in [0.4, 0.5) is 4.79 Å². The molecule has 1 heterocycles. The molecular weight excluding hydrogens is 170 g/mol. The molecule has 0 radical (unpaired) electrons. The summed E-state index contributed by atoms with van der Waals surface area (Å²) in [6.45, 7) is 6.85. The van der Waals surface area contributed by atoms with E-state index in [4.69, 9.17) is 9.47 Å². The van der Waals surface area contributed by atoms with Crippen molar-refractivity contribution in [2.45, 2.75) is 38.8 Å². The van der Waals surface area contributed by atoms with E-state index in [2.05, 4.69) is 5.32 Å². The van der Waals surface area contributed by atoms with Crippen molar-refractivity contribution >= 4 is 6.09 Å². The smallest absolute Gasteiger partial charge is 0.407 e. The standard InChI is InChI=1S/C9H17NO3/c1-9(2,3)13-8(11)10-7-4-5-12-6-7/h7H,4-6H2,1-3H3,(H,10,11)/t7-/m1/s1. The number of hydrogen-bond donors (Lipinski definition) is 1. The molecule has 1 N–H and O–H groups in total. The zero-order valence-corrected chi connectivity index (χ0v) is 8.42. The van der Waals surface area contributed by atoms with Gasteiger partial charge in [0.1, 0.15) is 5.60 Å². The summed E-state index contributed by atoms with van der Waals surface area (Å²) in [6.07, 6.45) is 0.516. The van der Waals surface area contributed by atoms with Crippen molar-refractivity contribution in [3.8, 4) is 0 Å². The van der Waals surface area contributed by atoms with Gasteiger partial charge in [0.2, 0.25) is 0 Å². The summed E-state index contributed by atoms with van der Waals surface area (Å²) < 4.78 is 10.2. The van der Waals surface area contributed by atoms with Crippen LogP contribution in [0.15, 0.2) is 0 Å². The maximum atomic E-state index is 11.2. The number of alkyl carbamates (subject to hydrolysis) is 1. The lowest BCUT2D eigenvalue weighted by atomic mass is 10.2. The molecule has 0 bridgehead atoms. The van der Waals surface area contributed by atoms with Crippen LogP contribution in [0.3, 0.4) is 0 Å². The summed E-state index contributed by atoms with van der Waals surface area (Å²) >= 11 is 0. The van der Waals surface area contributed by atoms with Gasteiger partial charge in [-0.2, -0.15) is 0 Å². The van der Waals surface area contributed by atoms with Crippen molar-refractivity contribution in [1.29, 1.82) is 0 Å². The molecule has 4 heteroatoms. The third kappa shape index (κ3) is 4.12. The highest BCUT2D eigenvalue weighted by Gasteiger charge is 2.21. The largest absolute Gasteiger partial charge is 0.444 e. The minimum atomic E-state index is -0.427. The normalized spacial score (nSPS) is 22.8. The third-order valence-electron chi connectivity index (χ3n) is 1.65. The van der Waals surface area contributed by atoms with E-state index in [0.29, 0.717) is 6.61 Å². The van der Waals surface area contributed by atoms with Gasteiger partial charge in [-0.3, -0.25) is 0 Å². The number of hydrogen-bond acceptors (Lipinski definition) is 3. The zero-order valence-electron chi connectivity index (χ0n) is 8.42. The van der Waals surface area contributed by atoms with Gasteiger partial charge in [0.05, 0.1) is 12.6 Å². The Bertz CT molecular complexity index is 180. The molecule has 1 rings (SSSR count). The molecule has 0 unspecified atom stereocenters. The second-order valence-electron chi connectivity index (χ2n) is 4.21. The monoisotopic (exact) mass is 187 g/mol. The maximum Gasteiger partial charge on any atom is 0.407 e. The van der Waals surface area contributed by atoms with Gasteiger partial charge in [0.25, 0.3) is 0 Å². The lowest BCUT2D eigenvalue weighted by Gasteiger charge is -2.21. The van der Waals surface area contributed by atoms with Crippen molar-refractivity contribution in [1.82, 2.24) is 5.32 Å². The van der Waals surface area contributed by atoms with Gasteiger partial charge in [-0.15, -0.1) is 0 Å². The van der Waals surface area contributed by atoms with Crippen LogP contribution in [0.2, 0.25) is 0 Å². The Balaban J connectivity index is 2.24. The van der Waals surface area contributed by atoms with Crippen LogP contribution in [-0.2, 0) is 9.47 Å². The average Bonchev–Trinajstić information content (AvgIpc) is 2.34. The average molecular weight is 187 g/mol. The van der Waals surface area contributed by atoms with Gasteiger partial charge in [-0.1, -0.05) is 0 Å². The number of amides is 1. The lowest BCUT2D eigenvalue weighted by molar-refractivity contribution is 0.0499. The SMILES string of the molecule is CC(C)(C)OC(=O)N[C@@H]1CCOC1. The number of rotatable bonds is 1. The Morgan fingerprint density at radius 3 is 2.69 bits per heavy atom. The Kier molecular flexibility index (Phi) is 3.14. The van der Waals surface area contributed by atoms with Crippen LogP contribution in [-0.4, -0.2) is 30.9 Å². The molecule has 1 aliphatic rings. The predicted octanol–water partition coefficient (Wildman–Crippen LogP) is 1.30. The summed E-state index contributed by atoms with van der Waals surface area (Å²) in [7, 11) is 0. The highest BCUT2D eigenvalue weighted by Crippen LogP contribution is 2.08. The Hall–Kier alpha value is -0.770. The molecule has 1 aliphatic heterocycles. The number of ether oxygens (including phenoxy) is 2. The molecule has 76 valence electrons. The van der Waals surface area contributed by atoms with E-state index in [9.17, 15) is 4.79 Å². The van der Waals surface area contributed by atoms with Gasteiger partial charge in [0.15, 0.2) is 0 Å². The first-order chi connectivity index (χ1) is 5.97. The van der Waals surface area contributed by atoms with Crippen molar-refractivity contribution in [3.05, 3.63) is 0 Å². The third-order valence-corrected chi connectivity index (χ3v) is 1.65. The number of carbonyl (C=O) groups is 1. The molecule has 1 fully saturated rings. The predicted molar refractivity (Wildman–Crippen MR) is 48.6 cm³/mol. The first-order valence-corrected chi connectivity index (χ1v) is 4.54. The van der Waals surface area contributed by atoms with Crippen LogP contribution < -0.4 is 5.32 Å². The summed E-state index contributed by atoms with van der Waals surface area (Å²) in [5.74, 6) is 0. The first kappa shape index (κ1) is 10.3. The molecule has 1 amide bonds. The minimum Gasteiger partial charge on any atom is -0.444 e. The van der Waals surface area contributed by atoms with Crippen LogP contribution in [0.25, 0.3) is 0 Å². The fourth-order valence-electron chi connectivity index (χ4n) is 1.12. The van der Waals surface area contributed by atoms with E-state index in [1.807, 2.05) is 20.8 Å².